The van der Waals surface area contributed by atoms with Gasteiger partial charge in [0.05, 0.1) is 32.6 Å². The van der Waals surface area contributed by atoms with E-state index in [1.165, 1.54) is 19.2 Å². The molecule has 19 heavy (non-hydrogen) atoms. The molecule has 1 aromatic rings. The maximum atomic E-state index is 13.3. The summed E-state index contributed by atoms with van der Waals surface area (Å²) in [4.78, 5) is 0. The van der Waals surface area contributed by atoms with Crippen molar-refractivity contribution in [3.8, 4) is 11.5 Å². The summed E-state index contributed by atoms with van der Waals surface area (Å²) in [5.74, 6) is 0.0194. The zero-order chi connectivity index (χ0) is 14.1. The molecule has 0 heterocycles. The smallest absolute Gasteiger partial charge is 0.167 e. The molecule has 0 spiro atoms. The highest BCUT2D eigenvalue weighted by molar-refractivity contribution is 5.56. The Morgan fingerprint density at radius 2 is 1.84 bits per heavy atom. The van der Waals surface area contributed by atoms with Crippen LogP contribution >= 0.6 is 0 Å². The Morgan fingerprint density at radius 3 is 2.53 bits per heavy atom. The summed E-state index contributed by atoms with van der Waals surface area (Å²) in [6, 6.07) is 2.62. The molecule has 1 aromatic carbocycles. The molecule has 6 heteroatoms. The van der Waals surface area contributed by atoms with Crippen LogP contribution in [0.5, 0.6) is 11.5 Å². The first-order valence-corrected chi connectivity index (χ1v) is 6.01. The first-order valence-electron chi connectivity index (χ1n) is 6.01. The summed E-state index contributed by atoms with van der Waals surface area (Å²) in [7, 11) is 3.01. The van der Waals surface area contributed by atoms with Crippen molar-refractivity contribution in [1.29, 1.82) is 0 Å². The lowest BCUT2D eigenvalue weighted by atomic mass is 10.2. The van der Waals surface area contributed by atoms with Crippen molar-refractivity contribution in [2.45, 2.75) is 6.42 Å². The topological polar surface area (TPSA) is 62.9 Å². The van der Waals surface area contributed by atoms with E-state index < -0.39 is 5.82 Å². The van der Waals surface area contributed by atoms with Crippen molar-refractivity contribution in [2.24, 2.45) is 0 Å². The molecule has 0 aliphatic rings. The van der Waals surface area contributed by atoms with Gasteiger partial charge < -0.3 is 24.7 Å². The van der Waals surface area contributed by atoms with Gasteiger partial charge >= 0.3 is 0 Å². The minimum atomic E-state index is -0.504. The molecule has 0 atom stereocenters. The second-order valence-electron chi connectivity index (χ2n) is 3.83. The van der Waals surface area contributed by atoms with Crippen molar-refractivity contribution in [2.75, 3.05) is 46.4 Å². The van der Waals surface area contributed by atoms with E-state index in [0.717, 1.165) is 0 Å². The van der Waals surface area contributed by atoms with Crippen LogP contribution in [0.25, 0.3) is 0 Å². The molecule has 108 valence electrons. The van der Waals surface area contributed by atoms with Crippen molar-refractivity contribution in [1.82, 2.24) is 0 Å². The van der Waals surface area contributed by atoms with Crippen LogP contribution in [0.1, 0.15) is 6.42 Å². The van der Waals surface area contributed by atoms with Crippen LogP contribution in [-0.4, -0.2) is 40.6 Å². The molecule has 1 rings (SSSR count). The molecule has 0 aliphatic heterocycles. The van der Waals surface area contributed by atoms with E-state index in [1.807, 2.05) is 0 Å². The molecule has 0 fully saturated rings. The Morgan fingerprint density at radius 1 is 1.05 bits per heavy atom. The van der Waals surface area contributed by atoms with Gasteiger partial charge in [0.1, 0.15) is 5.75 Å². The van der Waals surface area contributed by atoms with Gasteiger partial charge in [0.25, 0.3) is 0 Å². The second-order valence-corrected chi connectivity index (χ2v) is 3.83. The molecule has 0 bridgehead atoms. The predicted octanol–water partition coefficient (Wildman–Crippen LogP) is 1.85. The number of rotatable bonds is 9. The quantitative estimate of drug-likeness (QED) is 0.549. The first-order chi connectivity index (χ1) is 9.19. The van der Waals surface area contributed by atoms with Gasteiger partial charge in [-0.25, -0.2) is 4.39 Å². The third kappa shape index (κ3) is 5.32. The number of ether oxygens (including phenoxy) is 4. The molecule has 0 aliphatic carbocycles. The summed E-state index contributed by atoms with van der Waals surface area (Å²) in [5, 5.41) is 0. The highest BCUT2D eigenvalue weighted by atomic mass is 19.1. The minimum Gasteiger partial charge on any atom is -0.494 e. The fourth-order valence-corrected chi connectivity index (χ4v) is 1.42. The van der Waals surface area contributed by atoms with Gasteiger partial charge in [-0.15, -0.1) is 0 Å². The molecule has 0 saturated heterocycles. The minimum absolute atomic E-state index is 0.112. The number of halogens is 1. The van der Waals surface area contributed by atoms with Gasteiger partial charge in [0.15, 0.2) is 11.6 Å². The van der Waals surface area contributed by atoms with Crippen LogP contribution in [0.15, 0.2) is 12.1 Å². The Labute approximate surface area is 112 Å². The van der Waals surface area contributed by atoms with E-state index >= 15 is 0 Å². The monoisotopic (exact) mass is 273 g/mol. The highest BCUT2D eigenvalue weighted by Crippen LogP contribution is 2.29. The SMILES string of the molecule is COCCOCCCOc1cc(OC)c(F)cc1N. The molecule has 0 aromatic heterocycles. The maximum Gasteiger partial charge on any atom is 0.167 e. The number of nitrogen functional groups attached to an aromatic ring is 1. The lowest BCUT2D eigenvalue weighted by molar-refractivity contribution is 0.0644. The fraction of sp³-hybridized carbons (Fsp3) is 0.538. The van der Waals surface area contributed by atoms with Crippen molar-refractivity contribution in [3.05, 3.63) is 17.9 Å². The van der Waals surface area contributed by atoms with Crippen molar-refractivity contribution >= 4 is 5.69 Å². The molecule has 0 radical (unpaired) electrons. The summed E-state index contributed by atoms with van der Waals surface area (Å²) >= 11 is 0. The van der Waals surface area contributed by atoms with Crippen LogP contribution in [0, 0.1) is 5.82 Å². The number of anilines is 1. The molecular formula is C13H20FNO4. The van der Waals surface area contributed by atoms with E-state index in [4.69, 9.17) is 24.7 Å². The van der Waals surface area contributed by atoms with E-state index in [-0.39, 0.29) is 11.4 Å². The lowest BCUT2D eigenvalue weighted by Crippen LogP contribution is -2.07. The Kier molecular flexibility index (Phi) is 6.99. The van der Waals surface area contributed by atoms with E-state index in [0.29, 0.717) is 38.6 Å². The number of nitrogens with two attached hydrogens (primary N) is 1. The van der Waals surface area contributed by atoms with Gasteiger partial charge in [-0.05, 0) is 0 Å². The summed E-state index contributed by atoms with van der Waals surface area (Å²) < 4.78 is 33.8. The third-order valence-electron chi connectivity index (χ3n) is 2.41. The molecule has 0 unspecified atom stereocenters. The summed E-state index contributed by atoms with van der Waals surface area (Å²) in [6.07, 6.45) is 0.711. The zero-order valence-corrected chi connectivity index (χ0v) is 11.3. The fourth-order valence-electron chi connectivity index (χ4n) is 1.42. The standard InChI is InChI=1S/C13H20FNO4/c1-16-6-7-18-4-3-5-19-13-9-12(17-2)10(14)8-11(13)15/h8-9H,3-7,15H2,1-2H3. The van der Waals surface area contributed by atoms with Gasteiger partial charge in [0, 0.05) is 32.3 Å². The largest absolute Gasteiger partial charge is 0.494 e. The van der Waals surface area contributed by atoms with Gasteiger partial charge in [-0.2, -0.15) is 0 Å². The van der Waals surface area contributed by atoms with E-state index in [2.05, 4.69) is 0 Å². The van der Waals surface area contributed by atoms with Crippen LogP contribution in [-0.2, 0) is 9.47 Å². The lowest BCUT2D eigenvalue weighted by Gasteiger charge is -2.11. The highest BCUT2D eigenvalue weighted by Gasteiger charge is 2.09. The Hall–Kier alpha value is -1.53. The zero-order valence-electron chi connectivity index (χ0n) is 11.3. The summed E-state index contributed by atoms with van der Waals surface area (Å²) in [5.41, 5.74) is 5.91. The molecule has 2 N–H and O–H groups in total. The third-order valence-corrected chi connectivity index (χ3v) is 2.41. The molecule has 0 saturated carbocycles. The van der Waals surface area contributed by atoms with Gasteiger partial charge in [-0.1, -0.05) is 0 Å². The Bertz CT molecular complexity index is 387. The van der Waals surface area contributed by atoms with Gasteiger partial charge in [-0.3, -0.25) is 0 Å². The normalized spacial score (nSPS) is 10.5. The van der Waals surface area contributed by atoms with E-state index in [1.54, 1.807) is 7.11 Å². The van der Waals surface area contributed by atoms with Crippen LogP contribution in [0.2, 0.25) is 0 Å². The van der Waals surface area contributed by atoms with Gasteiger partial charge in [0.2, 0.25) is 0 Å². The number of hydrogen-bond acceptors (Lipinski definition) is 5. The van der Waals surface area contributed by atoms with Crippen LogP contribution < -0.4 is 15.2 Å². The van der Waals surface area contributed by atoms with E-state index in [9.17, 15) is 4.39 Å². The molecular weight excluding hydrogens is 253 g/mol. The second kappa shape index (κ2) is 8.55. The van der Waals surface area contributed by atoms with Crippen molar-refractivity contribution in [3.63, 3.8) is 0 Å². The first kappa shape index (κ1) is 15.5. The molecule has 5 nitrogen and oxygen atoms in total. The van der Waals surface area contributed by atoms with Crippen LogP contribution in [0.4, 0.5) is 10.1 Å². The number of benzene rings is 1. The average Bonchev–Trinajstić information content (AvgIpc) is 2.40. The predicted molar refractivity (Wildman–Crippen MR) is 70.2 cm³/mol. The maximum absolute atomic E-state index is 13.3. The van der Waals surface area contributed by atoms with Crippen molar-refractivity contribution < 1.29 is 23.3 Å². The molecule has 0 amide bonds. The Balaban J connectivity index is 2.33. The van der Waals surface area contributed by atoms with Crippen LogP contribution in [0.3, 0.4) is 0 Å². The number of methoxy groups -OCH3 is 2. The number of hydrogen-bond donors (Lipinski definition) is 1. The average molecular weight is 273 g/mol. The summed E-state index contributed by atoms with van der Waals surface area (Å²) in [6.45, 7) is 2.14.